The minimum Gasteiger partial charge on any atom is -0.478 e. The highest BCUT2D eigenvalue weighted by Crippen LogP contribution is 2.27. The summed E-state index contributed by atoms with van der Waals surface area (Å²) in [6.07, 6.45) is 1.23. The highest BCUT2D eigenvalue weighted by atomic mass is 32.2. The van der Waals surface area contributed by atoms with Crippen molar-refractivity contribution in [1.29, 1.82) is 0 Å². The summed E-state index contributed by atoms with van der Waals surface area (Å²) in [7, 11) is -3.88. The lowest BCUT2D eigenvalue weighted by molar-refractivity contribution is 0.0696. The molecule has 0 aliphatic rings. The van der Waals surface area contributed by atoms with Crippen molar-refractivity contribution < 1.29 is 18.3 Å². The zero-order valence-corrected chi connectivity index (χ0v) is 16.7. The molecule has 27 heavy (non-hydrogen) atoms. The number of aromatic carboxylic acids is 1. The number of hydrogen-bond donors (Lipinski definition) is 2. The maximum atomic E-state index is 12.8. The Balaban J connectivity index is 2.46. The van der Waals surface area contributed by atoms with Crippen molar-refractivity contribution in [2.45, 2.75) is 38.5 Å². The number of anilines is 2. The lowest BCUT2D eigenvalue weighted by atomic mass is 10.0. The Morgan fingerprint density at radius 2 is 1.78 bits per heavy atom. The molecule has 2 N–H and O–H groups in total. The number of nitrogens with zero attached hydrogens (tertiary/aromatic N) is 2. The first-order chi connectivity index (χ1) is 12.7. The molecule has 1 aromatic carbocycles. The Bertz CT molecular complexity index is 905. The zero-order valence-electron chi connectivity index (χ0n) is 15.9. The molecular weight excluding hydrogens is 366 g/mol. The van der Waals surface area contributed by atoms with Gasteiger partial charge in [-0.2, -0.15) is 0 Å². The normalized spacial score (nSPS) is 11.4. The van der Waals surface area contributed by atoms with Crippen molar-refractivity contribution in [2.75, 3.05) is 22.7 Å². The molecule has 1 aromatic heterocycles. The fourth-order valence-corrected chi connectivity index (χ4v) is 3.71. The topological polar surface area (TPSA) is 99.6 Å². The average molecular weight is 391 g/mol. The van der Waals surface area contributed by atoms with Crippen LogP contribution in [0.25, 0.3) is 0 Å². The quantitative estimate of drug-likeness (QED) is 0.714. The lowest BCUT2D eigenvalue weighted by Crippen LogP contribution is -2.25. The smallest absolute Gasteiger partial charge is 0.337 e. The number of carbonyl (C=O) groups is 1. The number of aromatic nitrogens is 1. The van der Waals surface area contributed by atoms with E-state index < -0.39 is 16.0 Å². The summed E-state index contributed by atoms with van der Waals surface area (Å²) in [6.45, 7) is 9.10. The zero-order chi connectivity index (χ0) is 20.2. The Hall–Kier alpha value is -2.61. The molecule has 0 amide bonds. The average Bonchev–Trinajstić information content (AvgIpc) is 2.63. The van der Waals surface area contributed by atoms with E-state index in [1.165, 1.54) is 12.3 Å². The number of benzene rings is 1. The van der Waals surface area contributed by atoms with E-state index in [0.717, 1.165) is 5.56 Å². The van der Waals surface area contributed by atoms with Gasteiger partial charge in [0.05, 0.1) is 16.1 Å². The van der Waals surface area contributed by atoms with E-state index in [1.807, 2.05) is 32.6 Å². The van der Waals surface area contributed by atoms with Crippen molar-refractivity contribution in [3.05, 3.63) is 47.7 Å². The van der Waals surface area contributed by atoms with Crippen LogP contribution in [0.4, 0.5) is 11.5 Å². The largest absolute Gasteiger partial charge is 0.478 e. The van der Waals surface area contributed by atoms with Crippen LogP contribution in [0.5, 0.6) is 0 Å². The van der Waals surface area contributed by atoms with E-state index in [-0.39, 0.29) is 16.1 Å². The highest BCUT2D eigenvalue weighted by Gasteiger charge is 2.20. The Morgan fingerprint density at radius 1 is 1.19 bits per heavy atom. The SMILES string of the molecule is CCN(CC)c1ncc(C(=O)O)cc1NS(=O)(=O)c1ccc(C(C)C)cc1. The number of carboxylic acid groups (broad SMARTS) is 1. The first-order valence-corrected chi connectivity index (χ1v) is 10.3. The number of hydrogen-bond acceptors (Lipinski definition) is 5. The van der Waals surface area contributed by atoms with E-state index in [4.69, 9.17) is 0 Å². The molecule has 0 aliphatic carbocycles. The third kappa shape index (κ3) is 4.77. The predicted molar refractivity (Wildman–Crippen MR) is 106 cm³/mol. The Labute approximate surface area is 160 Å². The van der Waals surface area contributed by atoms with Gasteiger partial charge < -0.3 is 10.0 Å². The van der Waals surface area contributed by atoms with Gasteiger partial charge in [-0.15, -0.1) is 0 Å². The monoisotopic (exact) mass is 391 g/mol. The third-order valence-corrected chi connectivity index (χ3v) is 5.66. The summed E-state index contributed by atoms with van der Waals surface area (Å²) in [6, 6.07) is 7.93. The summed E-state index contributed by atoms with van der Waals surface area (Å²) < 4.78 is 28.1. The number of pyridine rings is 1. The predicted octanol–water partition coefficient (Wildman–Crippen LogP) is 3.55. The fourth-order valence-electron chi connectivity index (χ4n) is 2.66. The van der Waals surface area contributed by atoms with E-state index in [1.54, 1.807) is 24.3 Å². The van der Waals surface area contributed by atoms with E-state index in [0.29, 0.717) is 24.8 Å². The lowest BCUT2D eigenvalue weighted by Gasteiger charge is -2.23. The van der Waals surface area contributed by atoms with Gasteiger partial charge >= 0.3 is 5.97 Å². The summed E-state index contributed by atoms with van der Waals surface area (Å²) in [5, 5.41) is 9.22. The fraction of sp³-hybridized carbons (Fsp3) is 0.368. The van der Waals surface area contributed by atoms with Crippen LogP contribution < -0.4 is 9.62 Å². The van der Waals surface area contributed by atoms with Crippen molar-refractivity contribution in [3.8, 4) is 0 Å². The minimum atomic E-state index is -3.88. The molecule has 7 nitrogen and oxygen atoms in total. The second kappa shape index (κ2) is 8.39. The van der Waals surface area contributed by atoms with Crippen LogP contribution in [-0.2, 0) is 10.0 Å². The Morgan fingerprint density at radius 3 is 2.26 bits per heavy atom. The van der Waals surface area contributed by atoms with Gasteiger partial charge in [0, 0.05) is 19.3 Å². The molecule has 1 heterocycles. The highest BCUT2D eigenvalue weighted by molar-refractivity contribution is 7.92. The second-order valence-electron chi connectivity index (χ2n) is 6.40. The molecule has 2 aromatic rings. The molecular formula is C19H25N3O4S. The number of carboxylic acids is 1. The van der Waals surface area contributed by atoms with Crippen LogP contribution in [0.3, 0.4) is 0 Å². The number of rotatable bonds is 8. The van der Waals surface area contributed by atoms with Crippen molar-refractivity contribution >= 4 is 27.5 Å². The van der Waals surface area contributed by atoms with Crippen LogP contribution in [0, 0.1) is 0 Å². The summed E-state index contributed by atoms with van der Waals surface area (Å²) in [5.74, 6) is -0.483. The Kier molecular flexibility index (Phi) is 6.43. The molecule has 0 saturated carbocycles. The molecule has 0 atom stereocenters. The van der Waals surface area contributed by atoms with E-state index in [9.17, 15) is 18.3 Å². The van der Waals surface area contributed by atoms with Gasteiger partial charge in [-0.1, -0.05) is 26.0 Å². The van der Waals surface area contributed by atoms with E-state index >= 15 is 0 Å². The first kappa shape index (κ1) is 20.7. The van der Waals surface area contributed by atoms with Gasteiger partial charge in [0.1, 0.15) is 0 Å². The van der Waals surface area contributed by atoms with Crippen molar-refractivity contribution in [2.24, 2.45) is 0 Å². The molecule has 0 bridgehead atoms. The molecule has 0 spiro atoms. The standard InChI is InChI=1S/C19H25N3O4S/c1-5-22(6-2)18-17(11-15(12-20-18)19(23)24)21-27(25,26)16-9-7-14(8-10-16)13(3)4/h7-13,21H,5-6H2,1-4H3,(H,23,24). The van der Waals surface area contributed by atoms with Gasteiger partial charge in [0.2, 0.25) is 0 Å². The van der Waals surface area contributed by atoms with Gasteiger partial charge in [-0.3, -0.25) is 4.72 Å². The summed E-state index contributed by atoms with van der Waals surface area (Å²) >= 11 is 0. The van der Waals surface area contributed by atoms with Gasteiger partial charge in [0.15, 0.2) is 5.82 Å². The first-order valence-electron chi connectivity index (χ1n) is 8.80. The number of sulfonamides is 1. The van der Waals surface area contributed by atoms with Gasteiger partial charge in [-0.25, -0.2) is 18.2 Å². The summed E-state index contributed by atoms with van der Waals surface area (Å²) in [4.78, 5) is 17.4. The van der Waals surface area contributed by atoms with Crippen LogP contribution in [0.1, 0.15) is 49.5 Å². The number of nitrogens with one attached hydrogen (secondary N) is 1. The molecule has 8 heteroatoms. The molecule has 0 aliphatic heterocycles. The molecule has 0 saturated heterocycles. The molecule has 0 fully saturated rings. The molecule has 2 rings (SSSR count). The second-order valence-corrected chi connectivity index (χ2v) is 8.08. The van der Waals surface area contributed by atoms with Crippen molar-refractivity contribution in [1.82, 2.24) is 4.98 Å². The van der Waals surface area contributed by atoms with E-state index in [2.05, 4.69) is 9.71 Å². The van der Waals surface area contributed by atoms with Gasteiger partial charge in [-0.05, 0) is 43.5 Å². The van der Waals surface area contributed by atoms with Crippen LogP contribution >= 0.6 is 0 Å². The van der Waals surface area contributed by atoms with Crippen LogP contribution in [0.2, 0.25) is 0 Å². The molecule has 146 valence electrons. The van der Waals surface area contributed by atoms with Crippen LogP contribution in [-0.4, -0.2) is 37.6 Å². The maximum Gasteiger partial charge on any atom is 0.337 e. The van der Waals surface area contributed by atoms with Crippen LogP contribution in [0.15, 0.2) is 41.4 Å². The maximum absolute atomic E-state index is 12.8. The van der Waals surface area contributed by atoms with Crippen molar-refractivity contribution in [3.63, 3.8) is 0 Å². The third-order valence-electron chi connectivity index (χ3n) is 4.28. The van der Waals surface area contributed by atoms with Gasteiger partial charge in [0.25, 0.3) is 10.0 Å². The summed E-state index contributed by atoms with van der Waals surface area (Å²) in [5.41, 5.74) is 1.10. The minimum absolute atomic E-state index is 0.0845. The molecule has 0 radical (unpaired) electrons. The molecule has 0 unspecified atom stereocenters.